The van der Waals surface area contributed by atoms with E-state index in [1.807, 2.05) is 18.2 Å². The predicted molar refractivity (Wildman–Crippen MR) is 119 cm³/mol. The fraction of sp³-hybridized carbons (Fsp3) is 0.458. The molecule has 1 fully saturated rings. The minimum absolute atomic E-state index is 0.00855. The molecule has 0 spiro atoms. The Morgan fingerprint density at radius 3 is 2.40 bits per heavy atom. The Balaban J connectivity index is 1.32. The molecule has 1 N–H and O–H groups in total. The highest BCUT2D eigenvalue weighted by molar-refractivity contribution is 5.79. The Morgan fingerprint density at radius 1 is 0.967 bits per heavy atom. The summed E-state index contributed by atoms with van der Waals surface area (Å²) in [7, 11) is 3.23. The lowest BCUT2D eigenvalue weighted by atomic mass is 10.1. The molecule has 3 rings (SSSR count). The summed E-state index contributed by atoms with van der Waals surface area (Å²) in [5, 5.41) is 3.03. The van der Waals surface area contributed by atoms with E-state index in [1.54, 1.807) is 14.2 Å². The molecular formula is C24H33N3O3. The summed E-state index contributed by atoms with van der Waals surface area (Å²) >= 11 is 0. The molecule has 1 amide bonds. The van der Waals surface area contributed by atoms with Crippen molar-refractivity contribution in [1.29, 1.82) is 0 Å². The molecule has 6 nitrogen and oxygen atoms in total. The fourth-order valence-electron chi connectivity index (χ4n) is 3.80. The van der Waals surface area contributed by atoms with Crippen LogP contribution in [0.3, 0.4) is 0 Å². The molecule has 0 bridgehead atoms. The van der Waals surface area contributed by atoms with Crippen LogP contribution in [0.1, 0.15) is 17.5 Å². The van der Waals surface area contributed by atoms with Crippen LogP contribution in [-0.2, 0) is 17.8 Å². The number of hydrogen-bond donors (Lipinski definition) is 1. The third-order valence-electron chi connectivity index (χ3n) is 5.53. The molecule has 0 atom stereocenters. The van der Waals surface area contributed by atoms with Crippen molar-refractivity contribution in [3.8, 4) is 11.5 Å². The first-order valence-corrected chi connectivity index (χ1v) is 10.6. The van der Waals surface area contributed by atoms with E-state index in [0.717, 1.165) is 57.0 Å². The summed E-state index contributed by atoms with van der Waals surface area (Å²) in [6.07, 6.45) is 1.25. The molecule has 0 aliphatic carbocycles. The number of carbonyl (C=O) groups excluding carboxylic acids is 1. The van der Waals surface area contributed by atoms with Crippen molar-refractivity contribution in [2.24, 2.45) is 0 Å². The number of rotatable bonds is 10. The second-order valence-electron chi connectivity index (χ2n) is 7.66. The molecule has 6 heteroatoms. The third kappa shape index (κ3) is 6.75. The van der Waals surface area contributed by atoms with Gasteiger partial charge in [0.15, 0.2) is 0 Å². The molecule has 0 radical (unpaired) electrons. The van der Waals surface area contributed by atoms with Crippen LogP contribution in [0.25, 0.3) is 0 Å². The van der Waals surface area contributed by atoms with E-state index in [0.29, 0.717) is 18.7 Å². The highest BCUT2D eigenvalue weighted by Gasteiger charge is 2.16. The van der Waals surface area contributed by atoms with Crippen LogP contribution in [0, 0.1) is 0 Å². The second kappa shape index (κ2) is 11.6. The van der Waals surface area contributed by atoms with Crippen LogP contribution in [0.2, 0.25) is 0 Å². The van der Waals surface area contributed by atoms with Crippen molar-refractivity contribution in [3.63, 3.8) is 0 Å². The lowest BCUT2D eigenvalue weighted by Gasteiger charge is -2.34. The Hall–Kier alpha value is -2.57. The maximum absolute atomic E-state index is 12.3. The lowest BCUT2D eigenvalue weighted by Crippen LogP contribution is -2.46. The van der Waals surface area contributed by atoms with Crippen molar-refractivity contribution in [1.82, 2.24) is 15.1 Å². The van der Waals surface area contributed by atoms with Crippen molar-refractivity contribution in [2.75, 3.05) is 53.5 Å². The molecule has 1 aliphatic heterocycles. The summed E-state index contributed by atoms with van der Waals surface area (Å²) in [6.45, 7) is 7.09. The Bertz CT molecular complexity index is 790. The largest absolute Gasteiger partial charge is 0.497 e. The number of hydrogen-bond acceptors (Lipinski definition) is 5. The third-order valence-corrected chi connectivity index (χ3v) is 5.53. The average molecular weight is 412 g/mol. The molecule has 0 aromatic heterocycles. The van der Waals surface area contributed by atoms with Gasteiger partial charge in [-0.25, -0.2) is 0 Å². The van der Waals surface area contributed by atoms with Gasteiger partial charge in [-0.05, 0) is 36.7 Å². The highest BCUT2D eigenvalue weighted by atomic mass is 16.5. The normalized spacial score (nSPS) is 15.0. The van der Waals surface area contributed by atoms with Crippen LogP contribution in [0.5, 0.6) is 11.5 Å². The minimum Gasteiger partial charge on any atom is -0.497 e. The number of ether oxygens (including phenoxy) is 2. The average Bonchev–Trinajstić information content (AvgIpc) is 2.78. The zero-order valence-electron chi connectivity index (χ0n) is 18.1. The second-order valence-corrected chi connectivity index (χ2v) is 7.66. The molecule has 30 heavy (non-hydrogen) atoms. The Morgan fingerprint density at radius 2 is 1.70 bits per heavy atom. The van der Waals surface area contributed by atoms with E-state index in [-0.39, 0.29) is 5.91 Å². The first-order valence-electron chi connectivity index (χ1n) is 10.6. The summed E-state index contributed by atoms with van der Waals surface area (Å²) in [5.74, 6) is 1.44. The molecule has 162 valence electrons. The zero-order valence-corrected chi connectivity index (χ0v) is 18.1. The summed E-state index contributed by atoms with van der Waals surface area (Å²) in [6, 6.07) is 16.2. The van der Waals surface area contributed by atoms with Gasteiger partial charge in [-0.3, -0.25) is 9.69 Å². The van der Waals surface area contributed by atoms with Gasteiger partial charge in [-0.2, -0.15) is 0 Å². The van der Waals surface area contributed by atoms with Crippen LogP contribution in [0.4, 0.5) is 0 Å². The summed E-state index contributed by atoms with van der Waals surface area (Å²) in [5.41, 5.74) is 2.21. The first kappa shape index (κ1) is 22.1. The number of nitrogens with one attached hydrogen (secondary N) is 1. The van der Waals surface area contributed by atoms with Crippen molar-refractivity contribution in [2.45, 2.75) is 19.4 Å². The van der Waals surface area contributed by atoms with Crippen molar-refractivity contribution < 1.29 is 14.3 Å². The van der Waals surface area contributed by atoms with Gasteiger partial charge >= 0.3 is 0 Å². The topological polar surface area (TPSA) is 54.0 Å². The molecule has 2 aromatic rings. The summed E-state index contributed by atoms with van der Waals surface area (Å²) in [4.78, 5) is 17.3. The van der Waals surface area contributed by atoms with Gasteiger partial charge in [-0.15, -0.1) is 0 Å². The van der Waals surface area contributed by atoms with Crippen LogP contribution < -0.4 is 14.8 Å². The number of methoxy groups -OCH3 is 2. The van der Waals surface area contributed by atoms with Gasteiger partial charge < -0.3 is 19.7 Å². The first-order chi connectivity index (χ1) is 14.7. The SMILES string of the molecule is COc1ccc(OC)c(CC(=O)NCCCN2CCN(Cc3ccccc3)CC2)c1. The number of carbonyl (C=O) groups is 1. The Labute approximate surface area is 179 Å². The highest BCUT2D eigenvalue weighted by Crippen LogP contribution is 2.24. The molecule has 0 saturated carbocycles. The van der Waals surface area contributed by atoms with E-state index in [1.165, 1.54) is 5.56 Å². The van der Waals surface area contributed by atoms with Gasteiger partial charge in [0.2, 0.25) is 5.91 Å². The maximum atomic E-state index is 12.3. The van der Waals surface area contributed by atoms with Gasteiger partial charge in [-0.1, -0.05) is 30.3 Å². The number of nitrogens with zero attached hydrogens (tertiary/aromatic N) is 2. The summed E-state index contributed by atoms with van der Waals surface area (Å²) < 4.78 is 10.6. The van der Waals surface area contributed by atoms with Gasteiger partial charge in [0.25, 0.3) is 0 Å². The minimum atomic E-state index is 0.00855. The van der Waals surface area contributed by atoms with Crippen molar-refractivity contribution in [3.05, 3.63) is 59.7 Å². The van der Waals surface area contributed by atoms with Crippen LogP contribution in [0.15, 0.2) is 48.5 Å². The van der Waals surface area contributed by atoms with Crippen molar-refractivity contribution >= 4 is 5.91 Å². The van der Waals surface area contributed by atoms with E-state index in [4.69, 9.17) is 9.47 Å². The zero-order chi connectivity index (χ0) is 21.2. The molecule has 1 aliphatic rings. The quantitative estimate of drug-likeness (QED) is 0.609. The molecule has 1 saturated heterocycles. The number of amides is 1. The van der Waals surface area contributed by atoms with Gasteiger partial charge in [0.1, 0.15) is 11.5 Å². The van der Waals surface area contributed by atoms with Gasteiger partial charge in [0, 0.05) is 44.8 Å². The van der Waals surface area contributed by atoms with E-state index in [2.05, 4.69) is 45.4 Å². The molecule has 1 heterocycles. The van der Waals surface area contributed by atoms with E-state index >= 15 is 0 Å². The predicted octanol–water partition coefficient (Wildman–Crippen LogP) is 2.57. The smallest absolute Gasteiger partial charge is 0.224 e. The van der Waals surface area contributed by atoms with E-state index < -0.39 is 0 Å². The molecular weight excluding hydrogens is 378 g/mol. The van der Waals surface area contributed by atoms with Crippen LogP contribution >= 0.6 is 0 Å². The maximum Gasteiger partial charge on any atom is 0.224 e. The number of piperazine rings is 1. The molecule has 0 unspecified atom stereocenters. The lowest BCUT2D eigenvalue weighted by molar-refractivity contribution is -0.120. The number of benzene rings is 2. The fourth-order valence-corrected chi connectivity index (χ4v) is 3.80. The molecule has 2 aromatic carbocycles. The van der Waals surface area contributed by atoms with Crippen LogP contribution in [-0.4, -0.2) is 69.2 Å². The monoisotopic (exact) mass is 411 g/mol. The van der Waals surface area contributed by atoms with E-state index in [9.17, 15) is 4.79 Å². The standard InChI is InChI=1S/C24H33N3O3/c1-29-22-9-10-23(30-2)21(17-22)18-24(28)25-11-6-12-26-13-15-27(16-14-26)19-20-7-4-3-5-8-20/h3-5,7-10,17H,6,11-16,18-19H2,1-2H3,(H,25,28). The Kier molecular flexibility index (Phi) is 8.53. The van der Waals surface area contributed by atoms with Gasteiger partial charge in [0.05, 0.1) is 20.6 Å².